The van der Waals surface area contributed by atoms with Crippen LogP contribution in [0, 0.1) is 27.7 Å². The smallest absolute Gasteiger partial charge is 0.466 e. The van der Waals surface area contributed by atoms with Gasteiger partial charge in [-0.15, -0.1) is 0 Å². The molecule has 2 heterocycles. The minimum atomic E-state index is -4.37. The molecular formula is C44H76NO10P. The molecular weight excluding hydrogens is 733 g/mol. The molecule has 11 nitrogen and oxygen atoms in total. The van der Waals surface area contributed by atoms with Crippen molar-refractivity contribution in [1.29, 1.82) is 0 Å². The third-order valence-corrected chi connectivity index (χ3v) is 11.6. The fourth-order valence-corrected chi connectivity index (χ4v) is 7.57. The van der Waals surface area contributed by atoms with Crippen molar-refractivity contribution >= 4 is 19.8 Å². The average Bonchev–Trinajstić information content (AvgIpc) is 3.59. The van der Waals surface area contributed by atoms with Crippen molar-refractivity contribution in [2.24, 2.45) is 0 Å². The molecule has 0 radical (unpaired) electrons. The van der Waals surface area contributed by atoms with Crippen LogP contribution in [0.5, 0.6) is 0 Å². The van der Waals surface area contributed by atoms with E-state index in [1.54, 1.807) is 7.05 Å². The summed E-state index contributed by atoms with van der Waals surface area (Å²) < 4.78 is 45.5. The van der Waals surface area contributed by atoms with Crippen molar-refractivity contribution in [1.82, 2.24) is 5.32 Å². The zero-order valence-corrected chi connectivity index (χ0v) is 36.9. The Morgan fingerprint density at radius 2 is 1.02 bits per heavy atom. The van der Waals surface area contributed by atoms with Gasteiger partial charge >= 0.3 is 19.8 Å². The quantitative estimate of drug-likeness (QED) is 0.0395. The number of ether oxygens (including phenoxy) is 2. The third-order valence-electron chi connectivity index (χ3n) is 10.6. The molecule has 2 rings (SSSR count). The van der Waals surface area contributed by atoms with Crippen LogP contribution in [0.15, 0.2) is 8.83 Å². The highest BCUT2D eigenvalue weighted by molar-refractivity contribution is 7.47. The van der Waals surface area contributed by atoms with Gasteiger partial charge in [0.1, 0.15) is 29.6 Å². The molecule has 2 N–H and O–H groups in total. The van der Waals surface area contributed by atoms with Crippen LogP contribution in [0.4, 0.5) is 0 Å². The van der Waals surface area contributed by atoms with Crippen molar-refractivity contribution in [3.8, 4) is 0 Å². The van der Waals surface area contributed by atoms with Crippen LogP contribution in [0.3, 0.4) is 0 Å². The lowest BCUT2D eigenvalue weighted by Gasteiger charge is -2.20. The van der Waals surface area contributed by atoms with Gasteiger partial charge in [0.05, 0.1) is 13.2 Å². The monoisotopic (exact) mass is 810 g/mol. The lowest BCUT2D eigenvalue weighted by Crippen LogP contribution is -2.29. The van der Waals surface area contributed by atoms with Crippen LogP contribution >= 0.6 is 7.82 Å². The molecule has 0 spiro atoms. The number of unbranched alkanes of at least 4 members (excludes halogenated alkanes) is 12. The van der Waals surface area contributed by atoms with Gasteiger partial charge in [-0.2, -0.15) is 0 Å². The highest BCUT2D eigenvalue weighted by Gasteiger charge is 2.26. The first-order valence-corrected chi connectivity index (χ1v) is 23.2. The second-order valence-electron chi connectivity index (χ2n) is 15.3. The molecule has 2 aromatic heterocycles. The largest absolute Gasteiger partial charge is 0.472 e. The normalized spacial score (nSPS) is 13.2. The number of aryl methyl sites for hydroxylation is 4. The molecule has 0 amide bonds. The summed E-state index contributed by atoms with van der Waals surface area (Å²) in [6.07, 6.45) is 19.9. The summed E-state index contributed by atoms with van der Waals surface area (Å²) in [5, 5.41) is 2.82. The van der Waals surface area contributed by atoms with Crippen LogP contribution in [0.25, 0.3) is 0 Å². The van der Waals surface area contributed by atoms with Gasteiger partial charge in [-0.3, -0.25) is 18.6 Å². The second kappa shape index (κ2) is 28.9. The lowest BCUT2D eigenvalue weighted by atomic mass is 10.0. The number of nitrogens with one attached hydrogen (secondary N) is 1. The molecule has 0 aliphatic heterocycles. The number of furan rings is 2. The minimum Gasteiger partial charge on any atom is -0.466 e. The van der Waals surface area contributed by atoms with Gasteiger partial charge in [0.25, 0.3) is 0 Å². The second-order valence-corrected chi connectivity index (χ2v) is 16.8. The Morgan fingerprint density at radius 3 is 1.46 bits per heavy atom. The summed E-state index contributed by atoms with van der Waals surface area (Å²) in [4.78, 5) is 35.3. The summed E-state index contributed by atoms with van der Waals surface area (Å²) in [6, 6.07) is 0. The van der Waals surface area contributed by atoms with Gasteiger partial charge in [0, 0.05) is 45.1 Å². The Kier molecular flexibility index (Phi) is 25.6. The van der Waals surface area contributed by atoms with E-state index >= 15 is 0 Å². The SMILES string of the molecule is CCCc1oc(CCCCCCCCCCC(=O)OC[C@H](COP(=O)(O)OCCNC)OC(=O)CCCCCCCCc2oc(CCC)c(C)c2C)c(C)c1C. The van der Waals surface area contributed by atoms with Gasteiger partial charge in [-0.1, -0.05) is 78.1 Å². The number of likely N-dealkylation sites (N-methyl/N-ethyl adjacent to an activating group) is 1. The summed E-state index contributed by atoms with van der Waals surface area (Å²) >= 11 is 0. The molecule has 1 unspecified atom stereocenters. The number of hydrogen-bond acceptors (Lipinski definition) is 10. The van der Waals surface area contributed by atoms with Gasteiger partial charge in [0.15, 0.2) is 6.10 Å². The molecule has 2 atom stereocenters. The topological polar surface area (TPSA) is 147 Å². The molecule has 0 aromatic carbocycles. The van der Waals surface area contributed by atoms with E-state index in [1.165, 1.54) is 41.5 Å². The van der Waals surface area contributed by atoms with E-state index in [2.05, 4.69) is 46.9 Å². The third kappa shape index (κ3) is 20.3. The van der Waals surface area contributed by atoms with Crippen LogP contribution < -0.4 is 5.32 Å². The first-order chi connectivity index (χ1) is 26.9. The van der Waals surface area contributed by atoms with E-state index in [1.807, 2.05) is 0 Å². The van der Waals surface area contributed by atoms with Crippen molar-refractivity contribution in [3.05, 3.63) is 45.3 Å². The first kappa shape index (κ1) is 49.7. The number of carbonyl (C=O) groups is 2. The van der Waals surface area contributed by atoms with Crippen molar-refractivity contribution in [2.45, 2.75) is 189 Å². The van der Waals surface area contributed by atoms with Crippen LogP contribution in [-0.2, 0) is 58.4 Å². The minimum absolute atomic E-state index is 0.0309. The lowest BCUT2D eigenvalue weighted by molar-refractivity contribution is -0.161. The Bertz CT molecular complexity index is 1430. The summed E-state index contributed by atoms with van der Waals surface area (Å²) in [5.41, 5.74) is 5.20. The van der Waals surface area contributed by atoms with Crippen LogP contribution in [0.2, 0.25) is 0 Å². The molecule has 0 saturated heterocycles. The maximum absolute atomic E-state index is 12.7. The Labute approximate surface area is 338 Å². The van der Waals surface area contributed by atoms with Crippen molar-refractivity contribution in [2.75, 3.05) is 33.4 Å². The van der Waals surface area contributed by atoms with E-state index in [4.69, 9.17) is 27.4 Å². The molecule has 0 aliphatic rings. The number of phosphoric ester groups is 1. The van der Waals surface area contributed by atoms with E-state index in [-0.39, 0.29) is 26.1 Å². The van der Waals surface area contributed by atoms with Crippen LogP contribution in [0.1, 0.15) is 175 Å². The number of phosphoric acid groups is 1. The first-order valence-electron chi connectivity index (χ1n) is 21.7. The average molecular weight is 810 g/mol. The molecule has 0 bridgehead atoms. The van der Waals surface area contributed by atoms with E-state index < -0.39 is 32.5 Å². The molecule has 0 fully saturated rings. The van der Waals surface area contributed by atoms with Gasteiger partial charge < -0.3 is 28.5 Å². The molecule has 0 saturated carbocycles. The Balaban J connectivity index is 1.63. The Morgan fingerprint density at radius 1 is 0.607 bits per heavy atom. The van der Waals surface area contributed by atoms with E-state index in [0.29, 0.717) is 19.4 Å². The molecule has 322 valence electrons. The standard InChI is InChI=1S/C44H76NO10P/c1-8-24-39-34(3)36(5)41(54-39)26-20-16-12-10-11-13-18-22-28-43(46)50-32-38(33-52-56(48,49)51-31-30-45-7)53-44(47)29-23-19-15-14-17-21-27-42-37(6)35(4)40(55-42)25-9-2/h38,45H,8-33H2,1-7H3,(H,48,49)/t38-/m1/s1. The van der Waals surface area contributed by atoms with Crippen molar-refractivity contribution < 1.29 is 46.4 Å². The fourth-order valence-electron chi connectivity index (χ4n) is 6.82. The van der Waals surface area contributed by atoms with E-state index in [0.717, 1.165) is 119 Å². The number of esters is 2. The zero-order valence-electron chi connectivity index (χ0n) is 36.0. The summed E-state index contributed by atoms with van der Waals surface area (Å²) in [5.74, 6) is 3.67. The Hall–Kier alpha value is -2.43. The van der Waals surface area contributed by atoms with E-state index in [9.17, 15) is 19.0 Å². The van der Waals surface area contributed by atoms with Gasteiger partial charge in [-0.05, 0) is 95.5 Å². The predicted molar refractivity (Wildman–Crippen MR) is 222 cm³/mol. The van der Waals surface area contributed by atoms with Gasteiger partial charge in [-0.25, -0.2) is 4.57 Å². The maximum Gasteiger partial charge on any atom is 0.472 e. The maximum atomic E-state index is 12.7. The summed E-state index contributed by atoms with van der Waals surface area (Å²) in [7, 11) is -2.68. The molecule has 56 heavy (non-hydrogen) atoms. The highest BCUT2D eigenvalue weighted by Crippen LogP contribution is 2.43. The zero-order chi connectivity index (χ0) is 41.2. The number of rotatable bonds is 34. The number of carbonyl (C=O) groups excluding carboxylic acids is 2. The summed E-state index contributed by atoms with van der Waals surface area (Å²) in [6.45, 7) is 12.6. The fraction of sp³-hybridized carbons (Fsp3) is 0.773. The highest BCUT2D eigenvalue weighted by atomic mass is 31.2. The number of hydrogen-bond donors (Lipinski definition) is 2. The molecule has 2 aromatic rings. The van der Waals surface area contributed by atoms with Crippen LogP contribution in [-0.4, -0.2) is 56.3 Å². The van der Waals surface area contributed by atoms with Crippen molar-refractivity contribution in [3.63, 3.8) is 0 Å². The predicted octanol–water partition coefficient (Wildman–Crippen LogP) is 10.8. The molecule has 0 aliphatic carbocycles. The van der Waals surface area contributed by atoms with Gasteiger partial charge in [0.2, 0.25) is 0 Å². The molecule has 12 heteroatoms.